The van der Waals surface area contributed by atoms with Crippen molar-refractivity contribution in [1.29, 1.82) is 0 Å². The molecule has 5 rings (SSSR count). The molecule has 5 aliphatic rings. The molecule has 0 saturated heterocycles. The Kier molecular flexibility index (Phi) is 13.1. The van der Waals surface area contributed by atoms with E-state index in [0.717, 1.165) is 24.7 Å². The molecule has 8 unspecified atom stereocenters. The smallest absolute Gasteiger partial charge is 0.00957 e. The van der Waals surface area contributed by atoms with Gasteiger partial charge in [0.05, 0.1) is 0 Å². The molecule has 0 bridgehead atoms. The van der Waals surface area contributed by atoms with E-state index in [-0.39, 0.29) is 5.41 Å². The van der Waals surface area contributed by atoms with Crippen LogP contribution in [0.1, 0.15) is 150 Å². The van der Waals surface area contributed by atoms with Gasteiger partial charge < -0.3 is 5.73 Å². The van der Waals surface area contributed by atoms with Gasteiger partial charge in [0.25, 0.3) is 0 Å². The number of fused-ring (bicyclic) bond motifs is 2. The minimum absolute atomic E-state index is 0.289. The van der Waals surface area contributed by atoms with Crippen LogP contribution in [0.4, 0.5) is 0 Å². The van der Waals surface area contributed by atoms with Crippen LogP contribution in [-0.2, 0) is 0 Å². The summed E-state index contributed by atoms with van der Waals surface area (Å²) in [5, 5.41) is 0. The summed E-state index contributed by atoms with van der Waals surface area (Å²) in [5.74, 6) is 4.22. The van der Waals surface area contributed by atoms with Gasteiger partial charge in [-0.25, -0.2) is 0 Å². The summed E-state index contributed by atoms with van der Waals surface area (Å²) in [6, 6.07) is 0.307. The van der Waals surface area contributed by atoms with E-state index < -0.39 is 0 Å². The Morgan fingerprint density at radius 3 is 2.50 bits per heavy atom. The first-order valence-electron chi connectivity index (χ1n) is 20.0. The van der Waals surface area contributed by atoms with Gasteiger partial charge in [-0.1, -0.05) is 126 Å². The molecule has 0 saturated carbocycles. The van der Waals surface area contributed by atoms with E-state index in [2.05, 4.69) is 89.3 Å². The highest BCUT2D eigenvalue weighted by Crippen LogP contribution is 2.49. The van der Waals surface area contributed by atoms with Gasteiger partial charge in [-0.05, 0) is 142 Å². The van der Waals surface area contributed by atoms with Crippen LogP contribution in [0.2, 0.25) is 0 Å². The zero-order chi connectivity index (χ0) is 32.5. The summed E-state index contributed by atoms with van der Waals surface area (Å²) >= 11 is 0. The maximum absolute atomic E-state index is 6.79. The normalized spacial score (nSPS) is 30.7. The van der Waals surface area contributed by atoms with E-state index in [0.29, 0.717) is 29.7 Å². The highest BCUT2D eigenvalue weighted by Gasteiger charge is 2.36. The monoisotopic (exact) mass is 624 g/mol. The summed E-state index contributed by atoms with van der Waals surface area (Å²) < 4.78 is 0. The van der Waals surface area contributed by atoms with E-state index >= 15 is 0 Å². The molecule has 0 heterocycles. The fraction of sp³-hybridized carbons (Fsp3) is 0.689. The Morgan fingerprint density at radius 2 is 1.74 bits per heavy atom. The SMILES string of the molecule is CCCCC(C)C1=CC=C(C2=CCC(C3=C4C=CCCC4C(/C=C/CCC(N)C(C)(CC)CCCC)CC3)CC2)C2CCC=CC12. The molecule has 46 heavy (non-hydrogen) atoms. The third-order valence-electron chi connectivity index (χ3n) is 13.3. The van der Waals surface area contributed by atoms with Gasteiger partial charge >= 0.3 is 0 Å². The van der Waals surface area contributed by atoms with Gasteiger partial charge in [-0.3, -0.25) is 0 Å². The molecule has 0 fully saturated rings. The molecule has 0 amide bonds. The van der Waals surface area contributed by atoms with Crippen molar-refractivity contribution in [2.75, 3.05) is 0 Å². The molecular weight excluding hydrogens is 555 g/mol. The largest absolute Gasteiger partial charge is 0.327 e. The molecule has 0 radical (unpaired) electrons. The van der Waals surface area contributed by atoms with E-state index in [1.807, 2.05) is 5.57 Å². The molecule has 1 nitrogen and oxygen atoms in total. The van der Waals surface area contributed by atoms with E-state index in [1.165, 1.54) is 103 Å². The molecule has 5 aliphatic carbocycles. The minimum Gasteiger partial charge on any atom is -0.327 e. The number of hydrogen-bond donors (Lipinski definition) is 1. The van der Waals surface area contributed by atoms with Crippen molar-refractivity contribution in [2.24, 2.45) is 46.7 Å². The second kappa shape index (κ2) is 17.0. The second-order valence-corrected chi connectivity index (χ2v) is 16.2. The van der Waals surface area contributed by atoms with Gasteiger partial charge in [0, 0.05) is 12.0 Å². The van der Waals surface area contributed by atoms with Gasteiger partial charge in [0.1, 0.15) is 0 Å². The van der Waals surface area contributed by atoms with Crippen LogP contribution in [0.25, 0.3) is 0 Å². The molecule has 0 aliphatic heterocycles. The van der Waals surface area contributed by atoms with Crippen LogP contribution in [-0.4, -0.2) is 6.04 Å². The average molecular weight is 624 g/mol. The summed E-state index contributed by atoms with van der Waals surface area (Å²) in [4.78, 5) is 0. The van der Waals surface area contributed by atoms with Crippen molar-refractivity contribution < 1.29 is 0 Å². The van der Waals surface area contributed by atoms with Crippen molar-refractivity contribution in [3.8, 4) is 0 Å². The standard InChI is InChI=1S/C45H69N/c1-6-9-17-33(4)37-30-31-40(43-22-15-14-20-41(37)43)36-26-24-35(25-27-36)39-29-28-34(38-19-12-13-21-42(38)39)18-11-16-23-44(46)45(5,8-3)32-10-7-2/h11,13-14,18,20-21,26,30-31,33-35,38,41,43-44H,6-10,12,15-17,19,22-25,27-29,32,46H2,1-5H3/b18-11+. The topological polar surface area (TPSA) is 26.0 Å². The van der Waals surface area contributed by atoms with Crippen LogP contribution < -0.4 is 5.73 Å². The lowest BCUT2D eigenvalue weighted by Gasteiger charge is -2.40. The Hall–Kier alpha value is -1.86. The van der Waals surface area contributed by atoms with E-state index in [1.54, 1.807) is 22.3 Å². The quantitative estimate of drug-likeness (QED) is 0.180. The van der Waals surface area contributed by atoms with Crippen molar-refractivity contribution in [3.63, 3.8) is 0 Å². The average Bonchev–Trinajstić information content (AvgIpc) is 3.10. The van der Waals surface area contributed by atoms with Gasteiger partial charge in [0.15, 0.2) is 0 Å². The first-order chi connectivity index (χ1) is 22.4. The summed E-state index contributed by atoms with van der Waals surface area (Å²) in [6.45, 7) is 11.9. The zero-order valence-corrected chi connectivity index (χ0v) is 30.5. The fourth-order valence-corrected chi connectivity index (χ4v) is 9.87. The highest BCUT2D eigenvalue weighted by atomic mass is 14.7. The predicted molar refractivity (Wildman–Crippen MR) is 202 cm³/mol. The van der Waals surface area contributed by atoms with Gasteiger partial charge in [-0.2, -0.15) is 0 Å². The number of hydrogen-bond acceptors (Lipinski definition) is 1. The van der Waals surface area contributed by atoms with E-state index in [4.69, 9.17) is 5.73 Å². The van der Waals surface area contributed by atoms with Crippen LogP contribution in [0.5, 0.6) is 0 Å². The molecular formula is C45H69N. The predicted octanol–water partition coefficient (Wildman–Crippen LogP) is 12.9. The van der Waals surface area contributed by atoms with Crippen molar-refractivity contribution in [2.45, 2.75) is 156 Å². The fourth-order valence-electron chi connectivity index (χ4n) is 9.87. The summed E-state index contributed by atoms with van der Waals surface area (Å²) in [5.41, 5.74) is 15.7. The Labute approximate surface area is 284 Å². The van der Waals surface area contributed by atoms with Crippen molar-refractivity contribution in [3.05, 3.63) is 82.5 Å². The van der Waals surface area contributed by atoms with Crippen LogP contribution in [0.3, 0.4) is 0 Å². The molecule has 0 spiro atoms. The minimum atomic E-state index is 0.289. The van der Waals surface area contributed by atoms with Gasteiger partial charge in [-0.15, -0.1) is 0 Å². The molecule has 0 aromatic rings. The lowest BCUT2D eigenvalue weighted by Crippen LogP contribution is -2.39. The summed E-state index contributed by atoms with van der Waals surface area (Å²) in [6.07, 6.45) is 45.8. The Morgan fingerprint density at radius 1 is 0.935 bits per heavy atom. The third kappa shape index (κ3) is 8.22. The van der Waals surface area contributed by atoms with Crippen molar-refractivity contribution >= 4 is 0 Å². The molecule has 1 heteroatoms. The van der Waals surface area contributed by atoms with Gasteiger partial charge in [0.2, 0.25) is 0 Å². The number of nitrogens with two attached hydrogens (primary N) is 1. The van der Waals surface area contributed by atoms with Crippen molar-refractivity contribution in [1.82, 2.24) is 0 Å². The lowest BCUT2D eigenvalue weighted by atomic mass is 9.64. The van der Waals surface area contributed by atoms with Crippen LogP contribution >= 0.6 is 0 Å². The number of rotatable bonds is 15. The molecule has 0 aromatic carbocycles. The van der Waals surface area contributed by atoms with Crippen LogP contribution in [0.15, 0.2) is 82.5 Å². The van der Waals surface area contributed by atoms with Crippen LogP contribution in [0, 0.1) is 40.9 Å². The Bertz CT molecular complexity index is 1220. The zero-order valence-electron chi connectivity index (χ0n) is 30.5. The second-order valence-electron chi connectivity index (χ2n) is 16.2. The molecule has 8 atom stereocenters. The third-order valence-corrected chi connectivity index (χ3v) is 13.3. The number of unbranched alkanes of at least 4 members (excludes halogenated alkanes) is 2. The highest BCUT2D eigenvalue weighted by molar-refractivity contribution is 5.46. The molecule has 2 N–H and O–H groups in total. The maximum Gasteiger partial charge on any atom is 0.00957 e. The lowest BCUT2D eigenvalue weighted by molar-refractivity contribution is 0.207. The maximum atomic E-state index is 6.79. The molecule has 254 valence electrons. The van der Waals surface area contributed by atoms with E-state index in [9.17, 15) is 0 Å². The first-order valence-corrected chi connectivity index (χ1v) is 20.0. The molecule has 0 aromatic heterocycles. The first kappa shape index (κ1) is 35.4. The number of allylic oxidation sites excluding steroid dienone is 14. The Balaban J connectivity index is 1.23. The summed E-state index contributed by atoms with van der Waals surface area (Å²) in [7, 11) is 0.